The lowest BCUT2D eigenvalue weighted by molar-refractivity contribution is -0.384. The van der Waals surface area contributed by atoms with E-state index in [-0.39, 0.29) is 22.4 Å². The van der Waals surface area contributed by atoms with Gasteiger partial charge < -0.3 is 10.2 Å². The van der Waals surface area contributed by atoms with Crippen LogP contribution in [0.5, 0.6) is 0 Å². The number of aromatic nitrogens is 1. The second-order valence-electron chi connectivity index (χ2n) is 6.09. The summed E-state index contributed by atoms with van der Waals surface area (Å²) in [6.07, 6.45) is 4.80. The minimum atomic E-state index is -0.359. The Kier molecular flexibility index (Phi) is 5.23. The van der Waals surface area contributed by atoms with Gasteiger partial charge in [-0.2, -0.15) is 0 Å². The summed E-state index contributed by atoms with van der Waals surface area (Å²) in [5, 5.41) is 14.1. The standard InChI is InChI=1S/C18H20N4O3/c23-18(20-13-14-4-3-9-19-12-14)15-7-10-21(11-8-15)16-5-1-2-6-17(16)22(24)25/h1-6,9,12,15H,7-8,10-11,13H2,(H,20,23). The minimum Gasteiger partial charge on any atom is -0.366 e. The maximum Gasteiger partial charge on any atom is 0.292 e. The molecule has 7 nitrogen and oxygen atoms in total. The fourth-order valence-corrected chi connectivity index (χ4v) is 3.10. The largest absolute Gasteiger partial charge is 0.366 e. The van der Waals surface area contributed by atoms with E-state index in [4.69, 9.17) is 0 Å². The van der Waals surface area contributed by atoms with E-state index < -0.39 is 0 Å². The summed E-state index contributed by atoms with van der Waals surface area (Å²) in [5.41, 5.74) is 1.71. The Morgan fingerprint density at radius 3 is 2.68 bits per heavy atom. The summed E-state index contributed by atoms with van der Waals surface area (Å²) in [6, 6.07) is 10.5. The number of piperidine rings is 1. The number of nitrogens with one attached hydrogen (secondary N) is 1. The van der Waals surface area contributed by atoms with Crippen molar-refractivity contribution in [2.24, 2.45) is 5.92 Å². The zero-order chi connectivity index (χ0) is 17.6. The number of amides is 1. The fraction of sp³-hybridized carbons (Fsp3) is 0.333. The van der Waals surface area contributed by atoms with E-state index in [1.807, 2.05) is 17.0 Å². The highest BCUT2D eigenvalue weighted by molar-refractivity contribution is 5.79. The van der Waals surface area contributed by atoms with Crippen molar-refractivity contribution < 1.29 is 9.72 Å². The summed E-state index contributed by atoms with van der Waals surface area (Å²) in [5.74, 6) is -0.0262. The van der Waals surface area contributed by atoms with Gasteiger partial charge in [-0.25, -0.2) is 0 Å². The van der Waals surface area contributed by atoms with Crippen LogP contribution >= 0.6 is 0 Å². The Morgan fingerprint density at radius 2 is 2.00 bits per heavy atom. The molecular formula is C18H20N4O3. The number of nitro benzene ring substituents is 1. The first-order chi connectivity index (χ1) is 12.1. The van der Waals surface area contributed by atoms with E-state index in [0.717, 1.165) is 5.56 Å². The molecule has 0 radical (unpaired) electrons. The molecule has 1 aromatic carbocycles. The molecule has 1 aliphatic heterocycles. The van der Waals surface area contributed by atoms with Crippen LogP contribution in [0.15, 0.2) is 48.8 Å². The fourth-order valence-electron chi connectivity index (χ4n) is 3.10. The van der Waals surface area contributed by atoms with Crippen LogP contribution in [0.25, 0.3) is 0 Å². The molecule has 1 fully saturated rings. The van der Waals surface area contributed by atoms with Gasteiger partial charge in [0.2, 0.25) is 5.91 Å². The molecule has 0 spiro atoms. The van der Waals surface area contributed by atoms with Crippen molar-refractivity contribution in [3.05, 3.63) is 64.5 Å². The molecule has 0 saturated carbocycles. The van der Waals surface area contributed by atoms with Crippen LogP contribution in [-0.4, -0.2) is 28.9 Å². The lowest BCUT2D eigenvalue weighted by Crippen LogP contribution is -2.40. The zero-order valence-electron chi connectivity index (χ0n) is 13.8. The van der Waals surface area contributed by atoms with Crippen molar-refractivity contribution >= 4 is 17.3 Å². The molecule has 25 heavy (non-hydrogen) atoms. The number of nitro groups is 1. The van der Waals surface area contributed by atoms with Gasteiger partial charge in [-0.3, -0.25) is 19.9 Å². The highest BCUT2D eigenvalue weighted by Crippen LogP contribution is 2.31. The molecule has 0 aliphatic carbocycles. The topological polar surface area (TPSA) is 88.4 Å². The number of carbonyl (C=O) groups is 1. The molecular weight excluding hydrogens is 320 g/mol. The van der Waals surface area contributed by atoms with Crippen molar-refractivity contribution in [3.63, 3.8) is 0 Å². The normalized spacial score (nSPS) is 15.0. The molecule has 7 heteroatoms. The average Bonchev–Trinajstić information content (AvgIpc) is 2.67. The first kappa shape index (κ1) is 16.9. The summed E-state index contributed by atoms with van der Waals surface area (Å²) < 4.78 is 0. The van der Waals surface area contributed by atoms with E-state index in [2.05, 4.69) is 10.3 Å². The number of carbonyl (C=O) groups excluding carboxylic acids is 1. The first-order valence-corrected chi connectivity index (χ1v) is 8.30. The Balaban J connectivity index is 1.55. The number of hydrogen-bond donors (Lipinski definition) is 1. The van der Waals surface area contributed by atoms with Gasteiger partial charge in [0.25, 0.3) is 5.69 Å². The molecule has 1 saturated heterocycles. The minimum absolute atomic E-state index is 0.0334. The van der Waals surface area contributed by atoms with Crippen molar-refractivity contribution in [1.29, 1.82) is 0 Å². The summed E-state index contributed by atoms with van der Waals surface area (Å²) in [6.45, 7) is 1.74. The van der Waals surface area contributed by atoms with E-state index in [9.17, 15) is 14.9 Å². The first-order valence-electron chi connectivity index (χ1n) is 8.30. The van der Waals surface area contributed by atoms with Gasteiger partial charge >= 0.3 is 0 Å². The molecule has 2 heterocycles. The van der Waals surface area contributed by atoms with Crippen molar-refractivity contribution in [3.8, 4) is 0 Å². The monoisotopic (exact) mass is 340 g/mol. The van der Waals surface area contributed by atoms with Crippen LogP contribution in [0.1, 0.15) is 18.4 Å². The van der Waals surface area contributed by atoms with Gasteiger partial charge in [0.15, 0.2) is 0 Å². The quantitative estimate of drug-likeness (QED) is 0.667. The van der Waals surface area contributed by atoms with Gasteiger partial charge in [-0.05, 0) is 30.5 Å². The maximum atomic E-state index is 12.3. The molecule has 1 aliphatic rings. The van der Waals surface area contributed by atoms with Gasteiger partial charge in [-0.1, -0.05) is 18.2 Å². The van der Waals surface area contributed by atoms with Crippen LogP contribution in [0, 0.1) is 16.0 Å². The predicted octanol–water partition coefficient (Wildman–Crippen LogP) is 2.52. The Bertz CT molecular complexity index is 743. The third-order valence-electron chi connectivity index (χ3n) is 4.47. The second-order valence-corrected chi connectivity index (χ2v) is 6.09. The van der Waals surface area contributed by atoms with E-state index in [1.54, 1.807) is 30.6 Å². The highest BCUT2D eigenvalue weighted by Gasteiger charge is 2.27. The van der Waals surface area contributed by atoms with Crippen LogP contribution in [0.2, 0.25) is 0 Å². The predicted molar refractivity (Wildman–Crippen MR) is 94.1 cm³/mol. The van der Waals surface area contributed by atoms with Gasteiger partial charge in [0.1, 0.15) is 5.69 Å². The van der Waals surface area contributed by atoms with Crippen molar-refractivity contribution in [2.45, 2.75) is 19.4 Å². The SMILES string of the molecule is O=C(NCc1cccnc1)C1CCN(c2ccccc2[N+](=O)[O-])CC1. The summed E-state index contributed by atoms with van der Waals surface area (Å²) >= 11 is 0. The number of nitrogens with zero attached hydrogens (tertiary/aromatic N) is 3. The van der Waals surface area contributed by atoms with Crippen LogP contribution in [-0.2, 0) is 11.3 Å². The number of benzene rings is 1. The Labute approximate surface area is 145 Å². The molecule has 3 rings (SSSR count). The Morgan fingerprint density at radius 1 is 1.24 bits per heavy atom. The van der Waals surface area contributed by atoms with Gasteiger partial charge in [0, 0.05) is 44.0 Å². The third-order valence-corrected chi connectivity index (χ3v) is 4.47. The number of pyridine rings is 1. The molecule has 2 aromatic rings. The molecule has 130 valence electrons. The molecule has 0 bridgehead atoms. The van der Waals surface area contributed by atoms with Crippen molar-refractivity contribution in [1.82, 2.24) is 10.3 Å². The highest BCUT2D eigenvalue weighted by atomic mass is 16.6. The Hall–Kier alpha value is -2.96. The molecule has 1 amide bonds. The molecule has 1 N–H and O–H groups in total. The summed E-state index contributed by atoms with van der Waals surface area (Å²) in [7, 11) is 0. The molecule has 1 aromatic heterocycles. The summed E-state index contributed by atoms with van der Waals surface area (Å²) in [4.78, 5) is 29.2. The van der Waals surface area contributed by atoms with Crippen LogP contribution in [0.3, 0.4) is 0 Å². The van der Waals surface area contributed by atoms with Crippen molar-refractivity contribution in [2.75, 3.05) is 18.0 Å². The average molecular weight is 340 g/mol. The van der Waals surface area contributed by atoms with E-state index in [1.165, 1.54) is 6.07 Å². The van der Waals surface area contributed by atoms with Gasteiger partial charge in [-0.15, -0.1) is 0 Å². The van der Waals surface area contributed by atoms with Crippen LogP contribution < -0.4 is 10.2 Å². The van der Waals surface area contributed by atoms with E-state index in [0.29, 0.717) is 38.2 Å². The lowest BCUT2D eigenvalue weighted by Gasteiger charge is -2.32. The van der Waals surface area contributed by atoms with Gasteiger partial charge in [0.05, 0.1) is 4.92 Å². The third kappa shape index (κ3) is 4.12. The van der Waals surface area contributed by atoms with E-state index >= 15 is 0 Å². The molecule has 0 unspecified atom stereocenters. The second kappa shape index (κ2) is 7.74. The number of anilines is 1. The zero-order valence-corrected chi connectivity index (χ0v) is 13.8. The lowest BCUT2D eigenvalue weighted by atomic mass is 9.95. The number of para-hydroxylation sites is 2. The molecule has 0 atom stereocenters. The number of rotatable bonds is 5. The van der Waals surface area contributed by atoms with Crippen LogP contribution in [0.4, 0.5) is 11.4 Å². The maximum absolute atomic E-state index is 12.3. The number of hydrogen-bond acceptors (Lipinski definition) is 5. The smallest absolute Gasteiger partial charge is 0.292 e.